The van der Waals surface area contributed by atoms with Crippen LogP contribution in [0.15, 0.2) is 24.3 Å². The first-order valence-electron chi connectivity index (χ1n) is 9.25. The van der Waals surface area contributed by atoms with Gasteiger partial charge in [-0.05, 0) is 43.5 Å². The molecule has 28 heavy (non-hydrogen) atoms. The summed E-state index contributed by atoms with van der Waals surface area (Å²) in [5, 5.41) is 16.5. The number of amidine groups is 1. The van der Waals surface area contributed by atoms with Crippen molar-refractivity contribution in [3.63, 3.8) is 0 Å². The number of ether oxygens (including phenoxy) is 1. The van der Waals surface area contributed by atoms with Crippen molar-refractivity contribution < 1.29 is 24.2 Å². The van der Waals surface area contributed by atoms with E-state index in [9.17, 15) is 19.5 Å². The highest BCUT2D eigenvalue weighted by Gasteiger charge is 2.38. The standard InChI is InChI=1S/C19H26N4O5/c1-2-15(19(26)27)23-11-10-22(17(24)18(23)25)9-3-4-12-28-14-7-5-13(6-8-14)16(20)21/h5-8,15H,2-4,9-12H2,1H3,(H3,20,21)(H,26,27). The number of carboxylic acid groups (broad SMARTS) is 1. The SMILES string of the molecule is CCC(C(=O)O)N1CCN(CCCCOc2ccc(C(=N)N)cc2)C(=O)C1=O. The van der Waals surface area contributed by atoms with Crippen LogP contribution >= 0.6 is 0 Å². The number of unbranched alkanes of at least 4 members (excludes halogenated alkanes) is 1. The molecule has 1 aliphatic heterocycles. The molecule has 0 aliphatic carbocycles. The maximum atomic E-state index is 12.2. The van der Waals surface area contributed by atoms with E-state index in [-0.39, 0.29) is 18.8 Å². The average molecular weight is 390 g/mol. The van der Waals surface area contributed by atoms with Gasteiger partial charge in [0.2, 0.25) is 0 Å². The molecule has 1 aliphatic rings. The van der Waals surface area contributed by atoms with E-state index in [1.54, 1.807) is 31.2 Å². The lowest BCUT2D eigenvalue weighted by atomic mass is 10.1. The second kappa shape index (κ2) is 9.72. The molecule has 152 valence electrons. The van der Waals surface area contributed by atoms with E-state index < -0.39 is 23.8 Å². The monoisotopic (exact) mass is 390 g/mol. The number of amides is 2. The van der Waals surface area contributed by atoms with Gasteiger partial charge in [0, 0.05) is 25.2 Å². The van der Waals surface area contributed by atoms with Crippen molar-refractivity contribution in [1.29, 1.82) is 5.41 Å². The maximum Gasteiger partial charge on any atom is 0.326 e. The Morgan fingerprint density at radius 2 is 1.89 bits per heavy atom. The summed E-state index contributed by atoms with van der Waals surface area (Å²) < 4.78 is 5.61. The molecule has 1 atom stereocenters. The minimum Gasteiger partial charge on any atom is -0.494 e. The number of hydrogen-bond acceptors (Lipinski definition) is 5. The van der Waals surface area contributed by atoms with Crippen LogP contribution in [0.25, 0.3) is 0 Å². The van der Waals surface area contributed by atoms with Gasteiger partial charge in [0.15, 0.2) is 0 Å². The largest absolute Gasteiger partial charge is 0.494 e. The molecule has 2 amide bonds. The van der Waals surface area contributed by atoms with Crippen LogP contribution < -0.4 is 10.5 Å². The lowest BCUT2D eigenvalue weighted by molar-refractivity contribution is -0.162. The van der Waals surface area contributed by atoms with Gasteiger partial charge >= 0.3 is 17.8 Å². The molecular weight excluding hydrogens is 364 g/mol. The second-order valence-corrected chi connectivity index (χ2v) is 6.55. The smallest absolute Gasteiger partial charge is 0.326 e. The number of nitrogens with one attached hydrogen (secondary N) is 1. The van der Waals surface area contributed by atoms with E-state index in [0.717, 1.165) is 4.90 Å². The fourth-order valence-corrected chi connectivity index (χ4v) is 3.05. The number of nitrogens with two attached hydrogens (primary N) is 1. The Labute approximate surface area is 163 Å². The van der Waals surface area contributed by atoms with Crippen LogP contribution in [-0.4, -0.2) is 70.8 Å². The number of carbonyl (C=O) groups excluding carboxylic acids is 2. The predicted molar refractivity (Wildman–Crippen MR) is 102 cm³/mol. The Kier molecular flexibility index (Phi) is 7.36. The number of nitrogens with zero attached hydrogens (tertiary/aromatic N) is 2. The Morgan fingerprint density at radius 1 is 1.21 bits per heavy atom. The predicted octanol–water partition coefficient (Wildman–Crippen LogP) is 0.664. The zero-order chi connectivity index (χ0) is 20.7. The number of aliphatic carboxylic acids is 1. The van der Waals surface area contributed by atoms with Crippen LogP contribution in [0, 0.1) is 5.41 Å². The van der Waals surface area contributed by atoms with Crippen LogP contribution in [0.1, 0.15) is 31.7 Å². The molecule has 0 aromatic heterocycles. The summed E-state index contributed by atoms with van der Waals surface area (Å²) in [4.78, 5) is 38.3. The van der Waals surface area contributed by atoms with Gasteiger partial charge in [-0.15, -0.1) is 0 Å². The average Bonchev–Trinajstić information content (AvgIpc) is 2.67. The van der Waals surface area contributed by atoms with Gasteiger partial charge < -0.3 is 25.4 Å². The number of hydrogen-bond donors (Lipinski definition) is 3. The number of carbonyl (C=O) groups is 3. The highest BCUT2D eigenvalue weighted by Crippen LogP contribution is 2.14. The molecule has 9 nitrogen and oxygen atoms in total. The third-order valence-corrected chi connectivity index (χ3v) is 4.65. The number of nitrogen functional groups attached to an aromatic ring is 1. The second-order valence-electron chi connectivity index (χ2n) is 6.55. The Morgan fingerprint density at radius 3 is 2.46 bits per heavy atom. The molecule has 4 N–H and O–H groups in total. The van der Waals surface area contributed by atoms with E-state index in [0.29, 0.717) is 43.9 Å². The third-order valence-electron chi connectivity index (χ3n) is 4.65. The van der Waals surface area contributed by atoms with Crippen LogP contribution in [-0.2, 0) is 14.4 Å². The van der Waals surface area contributed by atoms with Gasteiger partial charge in [0.1, 0.15) is 17.6 Å². The van der Waals surface area contributed by atoms with Crippen molar-refractivity contribution in [3.8, 4) is 5.75 Å². The number of carboxylic acids is 1. The minimum absolute atomic E-state index is 0.000487. The molecule has 1 saturated heterocycles. The van der Waals surface area contributed by atoms with Gasteiger partial charge in [-0.2, -0.15) is 0 Å². The van der Waals surface area contributed by atoms with E-state index in [4.69, 9.17) is 15.9 Å². The summed E-state index contributed by atoms with van der Waals surface area (Å²) in [6.45, 7) is 3.13. The lowest BCUT2D eigenvalue weighted by Gasteiger charge is -2.36. The fraction of sp³-hybridized carbons (Fsp3) is 0.474. The molecule has 0 radical (unpaired) electrons. The Hall–Kier alpha value is -3.10. The number of piperazine rings is 1. The van der Waals surface area contributed by atoms with Crippen molar-refractivity contribution in [3.05, 3.63) is 29.8 Å². The van der Waals surface area contributed by atoms with Gasteiger partial charge in [0.05, 0.1) is 6.61 Å². The maximum absolute atomic E-state index is 12.2. The van der Waals surface area contributed by atoms with Crippen LogP contribution in [0.5, 0.6) is 5.75 Å². The van der Waals surface area contributed by atoms with Crippen LogP contribution in [0.2, 0.25) is 0 Å². The first-order chi connectivity index (χ1) is 13.3. The summed E-state index contributed by atoms with van der Waals surface area (Å²) in [5.41, 5.74) is 6.03. The molecule has 1 unspecified atom stereocenters. The number of rotatable bonds is 10. The van der Waals surface area contributed by atoms with Gasteiger partial charge in [-0.1, -0.05) is 6.92 Å². The van der Waals surface area contributed by atoms with Crippen molar-refractivity contribution in [2.24, 2.45) is 5.73 Å². The molecular formula is C19H26N4O5. The molecule has 1 fully saturated rings. The van der Waals surface area contributed by atoms with Crippen molar-refractivity contribution >= 4 is 23.6 Å². The topological polar surface area (TPSA) is 137 Å². The van der Waals surface area contributed by atoms with Crippen LogP contribution in [0.3, 0.4) is 0 Å². The van der Waals surface area contributed by atoms with E-state index in [1.165, 1.54) is 4.90 Å². The highest BCUT2D eigenvalue weighted by molar-refractivity contribution is 6.35. The highest BCUT2D eigenvalue weighted by atomic mass is 16.5. The normalized spacial score (nSPS) is 15.5. The molecule has 0 saturated carbocycles. The minimum atomic E-state index is -1.09. The van der Waals surface area contributed by atoms with E-state index in [1.807, 2.05) is 0 Å². The summed E-state index contributed by atoms with van der Waals surface area (Å²) in [7, 11) is 0. The van der Waals surface area contributed by atoms with Crippen LogP contribution in [0.4, 0.5) is 0 Å². The lowest BCUT2D eigenvalue weighted by Crippen LogP contribution is -2.58. The Balaban J connectivity index is 1.73. The van der Waals surface area contributed by atoms with Gasteiger partial charge in [-0.3, -0.25) is 15.0 Å². The van der Waals surface area contributed by atoms with Crippen molar-refractivity contribution in [2.45, 2.75) is 32.2 Å². The third kappa shape index (κ3) is 5.21. The summed E-state index contributed by atoms with van der Waals surface area (Å²) >= 11 is 0. The summed E-state index contributed by atoms with van der Waals surface area (Å²) in [6, 6.07) is 5.95. The zero-order valence-corrected chi connectivity index (χ0v) is 15.9. The molecule has 1 aromatic carbocycles. The van der Waals surface area contributed by atoms with Gasteiger partial charge in [-0.25, -0.2) is 4.79 Å². The first-order valence-corrected chi connectivity index (χ1v) is 9.25. The number of benzene rings is 1. The first kappa shape index (κ1) is 21.2. The quantitative estimate of drug-likeness (QED) is 0.232. The molecule has 0 spiro atoms. The zero-order valence-electron chi connectivity index (χ0n) is 15.9. The van der Waals surface area contributed by atoms with E-state index >= 15 is 0 Å². The molecule has 9 heteroatoms. The van der Waals surface area contributed by atoms with Crippen molar-refractivity contribution in [1.82, 2.24) is 9.80 Å². The van der Waals surface area contributed by atoms with Crippen molar-refractivity contribution in [2.75, 3.05) is 26.2 Å². The molecule has 0 bridgehead atoms. The molecule has 1 heterocycles. The summed E-state index contributed by atoms with van der Waals surface area (Å²) in [5.74, 6) is -1.82. The summed E-state index contributed by atoms with van der Waals surface area (Å²) in [6.07, 6.45) is 1.63. The van der Waals surface area contributed by atoms with E-state index in [2.05, 4.69) is 0 Å². The fourth-order valence-electron chi connectivity index (χ4n) is 3.05. The molecule has 1 aromatic rings. The van der Waals surface area contributed by atoms with Gasteiger partial charge in [0.25, 0.3) is 0 Å². The molecule has 2 rings (SSSR count). The Bertz CT molecular complexity index is 734.